The predicted molar refractivity (Wildman–Crippen MR) is 72.7 cm³/mol. The highest BCUT2D eigenvalue weighted by Gasteiger charge is 2.14. The van der Waals surface area contributed by atoms with Gasteiger partial charge in [-0.2, -0.15) is 0 Å². The number of carbonyl (C=O) groups excluding carboxylic acids is 1. The van der Waals surface area contributed by atoms with Crippen molar-refractivity contribution in [1.29, 1.82) is 0 Å². The number of furan rings is 1. The zero-order valence-electron chi connectivity index (χ0n) is 11.1. The fraction of sp³-hybridized carbons (Fsp3) is 0.267. The van der Waals surface area contributed by atoms with E-state index in [1.165, 1.54) is 12.1 Å². The van der Waals surface area contributed by atoms with Crippen LogP contribution in [0, 0.1) is 5.82 Å². The van der Waals surface area contributed by atoms with Gasteiger partial charge in [0, 0.05) is 18.2 Å². The minimum Gasteiger partial charge on any atom is -0.451 e. The molecule has 1 aromatic heterocycles. The van der Waals surface area contributed by atoms with Crippen LogP contribution in [0.15, 0.2) is 40.8 Å². The van der Waals surface area contributed by atoms with Gasteiger partial charge in [-0.25, -0.2) is 4.39 Å². The van der Waals surface area contributed by atoms with Crippen LogP contribution in [-0.4, -0.2) is 23.7 Å². The Balaban J connectivity index is 2.08. The van der Waals surface area contributed by atoms with Crippen molar-refractivity contribution in [2.45, 2.75) is 19.4 Å². The van der Waals surface area contributed by atoms with Gasteiger partial charge in [-0.3, -0.25) is 4.79 Å². The Morgan fingerprint density at radius 3 is 2.65 bits per heavy atom. The number of aliphatic hydroxyl groups is 1. The van der Waals surface area contributed by atoms with Crippen LogP contribution in [0.1, 0.15) is 23.9 Å². The first-order valence-electron chi connectivity index (χ1n) is 6.37. The van der Waals surface area contributed by atoms with Crippen molar-refractivity contribution in [3.05, 3.63) is 48.0 Å². The van der Waals surface area contributed by atoms with Crippen LogP contribution in [0.2, 0.25) is 0 Å². The summed E-state index contributed by atoms with van der Waals surface area (Å²) in [6.07, 6.45) is 0.483. The monoisotopic (exact) mass is 277 g/mol. The van der Waals surface area contributed by atoms with E-state index in [4.69, 9.17) is 9.52 Å². The van der Waals surface area contributed by atoms with Gasteiger partial charge in [0.1, 0.15) is 11.6 Å². The van der Waals surface area contributed by atoms with Crippen molar-refractivity contribution in [3.8, 4) is 11.3 Å². The Labute approximate surface area is 116 Å². The summed E-state index contributed by atoms with van der Waals surface area (Å²) >= 11 is 0. The van der Waals surface area contributed by atoms with Crippen LogP contribution in [0.3, 0.4) is 0 Å². The molecule has 0 fully saturated rings. The topological polar surface area (TPSA) is 62.5 Å². The number of hydrogen-bond donors (Lipinski definition) is 2. The summed E-state index contributed by atoms with van der Waals surface area (Å²) in [6, 6.07) is 8.95. The van der Waals surface area contributed by atoms with E-state index in [2.05, 4.69) is 5.32 Å². The molecule has 2 N–H and O–H groups in total. The molecule has 106 valence electrons. The molecule has 0 aliphatic carbocycles. The van der Waals surface area contributed by atoms with Gasteiger partial charge in [0.05, 0.1) is 0 Å². The summed E-state index contributed by atoms with van der Waals surface area (Å²) in [4.78, 5) is 11.9. The van der Waals surface area contributed by atoms with Gasteiger partial charge in [-0.05, 0) is 49.7 Å². The smallest absolute Gasteiger partial charge is 0.287 e. The molecule has 0 unspecified atom stereocenters. The minimum absolute atomic E-state index is 0.0143. The lowest BCUT2D eigenvalue weighted by Crippen LogP contribution is -2.32. The third-order valence-corrected chi connectivity index (χ3v) is 2.90. The third-order valence-electron chi connectivity index (χ3n) is 2.90. The second-order valence-corrected chi connectivity index (χ2v) is 4.56. The number of rotatable bonds is 5. The summed E-state index contributed by atoms with van der Waals surface area (Å²) in [5.41, 5.74) is 0.703. The van der Waals surface area contributed by atoms with Crippen molar-refractivity contribution < 1.29 is 18.7 Å². The highest BCUT2D eigenvalue weighted by Crippen LogP contribution is 2.22. The summed E-state index contributed by atoms with van der Waals surface area (Å²) in [5.74, 6) is 0.0366. The molecule has 20 heavy (non-hydrogen) atoms. The molecule has 4 nitrogen and oxygen atoms in total. The molecule has 0 saturated carbocycles. The van der Waals surface area contributed by atoms with Crippen LogP contribution in [0.5, 0.6) is 0 Å². The average molecular weight is 277 g/mol. The van der Waals surface area contributed by atoms with Crippen molar-refractivity contribution in [1.82, 2.24) is 5.32 Å². The summed E-state index contributed by atoms with van der Waals surface area (Å²) < 4.78 is 18.3. The van der Waals surface area contributed by atoms with Crippen LogP contribution in [-0.2, 0) is 0 Å². The normalized spacial score (nSPS) is 12.2. The van der Waals surface area contributed by atoms with Crippen LogP contribution in [0.4, 0.5) is 4.39 Å². The number of hydrogen-bond acceptors (Lipinski definition) is 3. The fourth-order valence-electron chi connectivity index (χ4n) is 1.79. The molecule has 0 aliphatic heterocycles. The lowest BCUT2D eigenvalue weighted by Gasteiger charge is -2.10. The SMILES string of the molecule is C[C@H](CCO)NC(=O)c1ccc(-c2ccc(F)cc2)o1. The van der Waals surface area contributed by atoms with E-state index in [1.807, 2.05) is 0 Å². The maximum atomic E-state index is 12.8. The van der Waals surface area contributed by atoms with Gasteiger partial charge >= 0.3 is 0 Å². The zero-order chi connectivity index (χ0) is 14.5. The molecule has 1 heterocycles. The van der Waals surface area contributed by atoms with E-state index >= 15 is 0 Å². The van der Waals surface area contributed by atoms with E-state index < -0.39 is 0 Å². The van der Waals surface area contributed by atoms with E-state index in [0.717, 1.165) is 0 Å². The molecule has 0 radical (unpaired) electrons. The highest BCUT2D eigenvalue weighted by atomic mass is 19.1. The van der Waals surface area contributed by atoms with E-state index in [1.54, 1.807) is 31.2 Å². The molecule has 1 aromatic carbocycles. The summed E-state index contributed by atoms with van der Waals surface area (Å²) in [6.45, 7) is 1.82. The minimum atomic E-state index is -0.334. The molecule has 2 aromatic rings. The number of carbonyl (C=O) groups is 1. The lowest BCUT2D eigenvalue weighted by atomic mass is 10.2. The average Bonchev–Trinajstić information content (AvgIpc) is 2.89. The van der Waals surface area contributed by atoms with Gasteiger partial charge in [0.25, 0.3) is 5.91 Å². The van der Waals surface area contributed by atoms with Crippen molar-refractivity contribution in [2.24, 2.45) is 0 Å². The second kappa shape index (κ2) is 6.34. The van der Waals surface area contributed by atoms with Gasteiger partial charge in [0.15, 0.2) is 5.76 Å². The maximum absolute atomic E-state index is 12.8. The van der Waals surface area contributed by atoms with Gasteiger partial charge in [0.2, 0.25) is 0 Å². The van der Waals surface area contributed by atoms with Gasteiger partial charge in [-0.15, -0.1) is 0 Å². The standard InChI is InChI=1S/C15H16FNO3/c1-10(8-9-18)17-15(19)14-7-6-13(20-14)11-2-4-12(16)5-3-11/h2-7,10,18H,8-9H2,1H3,(H,17,19)/t10-/m1/s1. The largest absolute Gasteiger partial charge is 0.451 e. The maximum Gasteiger partial charge on any atom is 0.287 e. The molecule has 0 bridgehead atoms. The second-order valence-electron chi connectivity index (χ2n) is 4.56. The Bertz CT molecular complexity index is 577. The number of amides is 1. The Hall–Kier alpha value is -2.14. The van der Waals surface area contributed by atoms with Crippen molar-refractivity contribution in [2.75, 3.05) is 6.61 Å². The first-order chi connectivity index (χ1) is 9.60. The highest BCUT2D eigenvalue weighted by molar-refractivity contribution is 5.92. The summed E-state index contributed by atoms with van der Waals surface area (Å²) in [5, 5.41) is 11.5. The number of benzene rings is 1. The van der Waals surface area contributed by atoms with E-state index in [-0.39, 0.29) is 30.1 Å². The Morgan fingerprint density at radius 1 is 1.30 bits per heavy atom. The van der Waals surface area contributed by atoms with E-state index in [0.29, 0.717) is 17.7 Å². The molecule has 0 spiro atoms. The number of aliphatic hydroxyl groups excluding tert-OH is 1. The fourth-order valence-corrected chi connectivity index (χ4v) is 1.79. The quantitative estimate of drug-likeness (QED) is 0.883. The van der Waals surface area contributed by atoms with E-state index in [9.17, 15) is 9.18 Å². The van der Waals surface area contributed by atoms with Crippen molar-refractivity contribution >= 4 is 5.91 Å². The third kappa shape index (κ3) is 3.45. The van der Waals surface area contributed by atoms with Crippen molar-refractivity contribution in [3.63, 3.8) is 0 Å². The first-order valence-corrected chi connectivity index (χ1v) is 6.37. The molecule has 1 atom stereocenters. The number of halogens is 1. The molecular weight excluding hydrogens is 261 g/mol. The molecule has 0 saturated heterocycles. The van der Waals surface area contributed by atoms with Crippen LogP contribution >= 0.6 is 0 Å². The molecule has 5 heteroatoms. The molecule has 2 rings (SSSR count). The summed E-state index contributed by atoms with van der Waals surface area (Å²) in [7, 11) is 0. The molecule has 1 amide bonds. The first kappa shape index (κ1) is 14.3. The Kier molecular flexibility index (Phi) is 4.53. The predicted octanol–water partition coefficient (Wildman–Crippen LogP) is 2.59. The van der Waals surface area contributed by atoms with Crippen LogP contribution in [0.25, 0.3) is 11.3 Å². The van der Waals surface area contributed by atoms with Gasteiger partial charge in [-0.1, -0.05) is 0 Å². The number of nitrogens with one attached hydrogen (secondary N) is 1. The lowest BCUT2D eigenvalue weighted by molar-refractivity contribution is 0.0907. The zero-order valence-corrected chi connectivity index (χ0v) is 11.1. The Morgan fingerprint density at radius 2 is 2.00 bits per heavy atom. The molecular formula is C15H16FNO3. The molecule has 0 aliphatic rings. The van der Waals surface area contributed by atoms with Crippen LogP contribution < -0.4 is 5.32 Å². The van der Waals surface area contributed by atoms with Gasteiger partial charge < -0.3 is 14.8 Å².